The van der Waals surface area contributed by atoms with Crippen molar-refractivity contribution in [1.82, 2.24) is 9.97 Å². The van der Waals surface area contributed by atoms with Gasteiger partial charge in [0.1, 0.15) is 5.69 Å². The van der Waals surface area contributed by atoms with Crippen LogP contribution in [0.1, 0.15) is 24.3 Å². The van der Waals surface area contributed by atoms with Crippen molar-refractivity contribution < 1.29 is 4.79 Å². The van der Waals surface area contributed by atoms with E-state index in [-0.39, 0.29) is 5.78 Å². The maximum Gasteiger partial charge on any atom is 0.205 e. The lowest BCUT2D eigenvalue weighted by Crippen LogP contribution is -1.98. The third-order valence-corrected chi connectivity index (χ3v) is 1.24. The minimum absolute atomic E-state index is 0.0944. The van der Waals surface area contributed by atoms with E-state index in [9.17, 15) is 4.79 Å². The molecule has 62 valence electrons. The molecule has 0 radical (unpaired) electrons. The van der Waals surface area contributed by atoms with Gasteiger partial charge in [-0.05, 0) is 19.9 Å². The van der Waals surface area contributed by atoms with Gasteiger partial charge < -0.3 is 0 Å². The van der Waals surface area contributed by atoms with Crippen molar-refractivity contribution in [3.05, 3.63) is 35.9 Å². The average molecular weight is 162 g/mol. The first kappa shape index (κ1) is 8.59. The van der Waals surface area contributed by atoms with E-state index in [0.717, 1.165) is 5.57 Å². The number of nitrogens with zero attached hydrogens (tertiary/aromatic N) is 2. The first-order valence-electron chi connectivity index (χ1n) is 3.65. The molecule has 0 N–H and O–H groups in total. The van der Waals surface area contributed by atoms with Crippen LogP contribution in [0.25, 0.3) is 0 Å². The molecule has 12 heavy (non-hydrogen) atoms. The fourth-order valence-electron chi connectivity index (χ4n) is 0.762. The number of rotatable bonds is 2. The Kier molecular flexibility index (Phi) is 2.69. The summed E-state index contributed by atoms with van der Waals surface area (Å²) in [5, 5.41) is 0. The lowest BCUT2D eigenvalue weighted by molar-refractivity contribution is 0.104. The van der Waals surface area contributed by atoms with Crippen molar-refractivity contribution in [3.63, 3.8) is 0 Å². The van der Waals surface area contributed by atoms with Crippen LogP contribution in [0.15, 0.2) is 30.2 Å². The van der Waals surface area contributed by atoms with Crippen LogP contribution in [0, 0.1) is 0 Å². The lowest BCUT2D eigenvalue weighted by atomic mass is 10.2. The summed E-state index contributed by atoms with van der Waals surface area (Å²) >= 11 is 0. The topological polar surface area (TPSA) is 42.9 Å². The van der Waals surface area contributed by atoms with Crippen LogP contribution in [0.4, 0.5) is 0 Å². The van der Waals surface area contributed by atoms with Crippen LogP contribution >= 0.6 is 0 Å². The van der Waals surface area contributed by atoms with Crippen molar-refractivity contribution in [1.29, 1.82) is 0 Å². The molecule has 1 aromatic heterocycles. The van der Waals surface area contributed by atoms with Crippen LogP contribution in [0.5, 0.6) is 0 Å². The molecule has 0 aliphatic rings. The van der Waals surface area contributed by atoms with Crippen molar-refractivity contribution >= 4 is 5.78 Å². The van der Waals surface area contributed by atoms with E-state index in [4.69, 9.17) is 0 Å². The van der Waals surface area contributed by atoms with E-state index in [0.29, 0.717) is 5.69 Å². The third kappa shape index (κ3) is 2.27. The van der Waals surface area contributed by atoms with Crippen molar-refractivity contribution in [2.45, 2.75) is 13.8 Å². The van der Waals surface area contributed by atoms with Crippen LogP contribution in [-0.4, -0.2) is 15.8 Å². The molecule has 0 saturated carbocycles. The van der Waals surface area contributed by atoms with Gasteiger partial charge in [0.05, 0.1) is 6.20 Å². The van der Waals surface area contributed by atoms with E-state index < -0.39 is 0 Å². The smallest absolute Gasteiger partial charge is 0.205 e. The number of allylic oxidation sites excluding steroid dienone is 2. The molecule has 1 rings (SSSR count). The molecule has 0 saturated heterocycles. The second kappa shape index (κ2) is 3.76. The first-order valence-corrected chi connectivity index (χ1v) is 3.65. The van der Waals surface area contributed by atoms with Crippen molar-refractivity contribution in [3.8, 4) is 0 Å². The van der Waals surface area contributed by atoms with Crippen molar-refractivity contribution in [2.75, 3.05) is 0 Å². The minimum Gasteiger partial charge on any atom is -0.287 e. The standard InChI is InChI=1S/C9H10N2O/c1-7(2)5-9(12)8-6-10-3-4-11-8/h3-6H,1-2H3. The van der Waals surface area contributed by atoms with E-state index in [1.807, 2.05) is 13.8 Å². The van der Waals surface area contributed by atoms with Crippen LogP contribution in [0.3, 0.4) is 0 Å². The second-order valence-electron chi connectivity index (χ2n) is 2.68. The monoisotopic (exact) mass is 162 g/mol. The molecular weight excluding hydrogens is 152 g/mol. The van der Waals surface area contributed by atoms with Gasteiger partial charge in [-0.15, -0.1) is 0 Å². The second-order valence-corrected chi connectivity index (χ2v) is 2.68. The zero-order valence-electron chi connectivity index (χ0n) is 7.11. The van der Waals surface area contributed by atoms with Crippen molar-refractivity contribution in [2.24, 2.45) is 0 Å². The van der Waals surface area contributed by atoms with Crippen LogP contribution in [0.2, 0.25) is 0 Å². The Morgan fingerprint density at radius 1 is 1.42 bits per heavy atom. The molecule has 1 heterocycles. The Balaban J connectivity index is 2.87. The van der Waals surface area contributed by atoms with Crippen LogP contribution in [-0.2, 0) is 0 Å². The number of hydrogen-bond donors (Lipinski definition) is 0. The van der Waals surface area contributed by atoms with Gasteiger partial charge in [0.25, 0.3) is 0 Å². The molecule has 3 nitrogen and oxygen atoms in total. The SMILES string of the molecule is CC(C)=CC(=O)c1cnccn1. The Bertz CT molecular complexity index is 300. The van der Waals surface area contributed by atoms with E-state index in [1.54, 1.807) is 12.3 Å². The predicted octanol–water partition coefficient (Wildman–Crippen LogP) is 1.63. The minimum atomic E-state index is -0.0944. The maximum absolute atomic E-state index is 11.3. The summed E-state index contributed by atoms with van der Waals surface area (Å²) in [5.41, 5.74) is 1.35. The summed E-state index contributed by atoms with van der Waals surface area (Å²) < 4.78 is 0. The van der Waals surface area contributed by atoms with Gasteiger partial charge >= 0.3 is 0 Å². The highest BCUT2D eigenvalue weighted by atomic mass is 16.1. The summed E-state index contributed by atoms with van der Waals surface area (Å²) in [6.45, 7) is 3.74. The fraction of sp³-hybridized carbons (Fsp3) is 0.222. The summed E-state index contributed by atoms with van der Waals surface area (Å²) in [6.07, 6.45) is 6.05. The number of ketones is 1. The molecule has 3 heteroatoms. The molecule has 0 atom stereocenters. The highest BCUT2D eigenvalue weighted by Crippen LogP contribution is 1.97. The van der Waals surface area contributed by atoms with Gasteiger partial charge in [0.2, 0.25) is 5.78 Å². The van der Waals surface area contributed by atoms with Gasteiger partial charge in [0.15, 0.2) is 0 Å². The fourth-order valence-corrected chi connectivity index (χ4v) is 0.762. The molecule has 0 bridgehead atoms. The average Bonchev–Trinajstić information content (AvgIpc) is 2.05. The van der Waals surface area contributed by atoms with Gasteiger partial charge in [0, 0.05) is 12.4 Å². The van der Waals surface area contributed by atoms with Gasteiger partial charge in [-0.3, -0.25) is 9.78 Å². The quantitative estimate of drug-likeness (QED) is 0.490. The zero-order valence-corrected chi connectivity index (χ0v) is 7.11. The first-order chi connectivity index (χ1) is 5.70. The Hall–Kier alpha value is -1.51. The summed E-state index contributed by atoms with van der Waals surface area (Å²) in [5.74, 6) is -0.0944. The van der Waals surface area contributed by atoms with Crippen LogP contribution < -0.4 is 0 Å². The Labute approximate surface area is 71.2 Å². The zero-order chi connectivity index (χ0) is 8.97. The molecule has 0 aliphatic carbocycles. The lowest BCUT2D eigenvalue weighted by Gasteiger charge is -1.92. The molecule has 0 amide bonds. The summed E-state index contributed by atoms with van der Waals surface area (Å²) in [6, 6.07) is 0. The van der Waals surface area contributed by atoms with Gasteiger partial charge in [-0.2, -0.15) is 0 Å². The molecule has 0 aromatic carbocycles. The highest BCUT2D eigenvalue weighted by molar-refractivity contribution is 6.03. The molecule has 1 aromatic rings. The molecule has 0 spiro atoms. The number of hydrogen-bond acceptors (Lipinski definition) is 3. The maximum atomic E-state index is 11.3. The third-order valence-electron chi connectivity index (χ3n) is 1.24. The van der Waals surface area contributed by atoms with E-state index in [2.05, 4.69) is 9.97 Å². The highest BCUT2D eigenvalue weighted by Gasteiger charge is 2.01. The molecular formula is C9H10N2O. The largest absolute Gasteiger partial charge is 0.287 e. The molecule has 0 aliphatic heterocycles. The van der Waals surface area contributed by atoms with E-state index >= 15 is 0 Å². The number of carbonyl (C=O) groups is 1. The summed E-state index contributed by atoms with van der Waals surface area (Å²) in [4.78, 5) is 19.0. The normalized spacial score (nSPS) is 9.17. The molecule has 0 fully saturated rings. The predicted molar refractivity (Wildman–Crippen MR) is 45.8 cm³/mol. The number of carbonyl (C=O) groups excluding carboxylic acids is 1. The Morgan fingerprint density at radius 2 is 2.17 bits per heavy atom. The summed E-state index contributed by atoms with van der Waals surface area (Å²) in [7, 11) is 0. The van der Waals surface area contributed by atoms with Gasteiger partial charge in [-0.25, -0.2) is 4.98 Å². The molecule has 0 unspecified atom stereocenters. The Morgan fingerprint density at radius 3 is 2.67 bits per heavy atom. The number of aromatic nitrogens is 2. The van der Waals surface area contributed by atoms with E-state index in [1.165, 1.54) is 12.4 Å². The van der Waals surface area contributed by atoms with Gasteiger partial charge in [-0.1, -0.05) is 5.57 Å².